The quantitative estimate of drug-likeness (QED) is 0.568. The normalized spacial score (nSPS) is 11.2. The maximum Gasteiger partial charge on any atom is 0.263 e. The van der Waals surface area contributed by atoms with Crippen LogP contribution in [0.5, 0.6) is 0 Å². The predicted octanol–water partition coefficient (Wildman–Crippen LogP) is 4.23. The Morgan fingerprint density at radius 1 is 1.00 bits per heavy atom. The highest BCUT2D eigenvalue weighted by atomic mass is 35.5. The largest absolute Gasteiger partial charge is 0.321 e. The van der Waals surface area contributed by atoms with Crippen molar-refractivity contribution in [2.24, 2.45) is 0 Å². The third kappa shape index (κ3) is 5.02. The van der Waals surface area contributed by atoms with Gasteiger partial charge >= 0.3 is 0 Å². The molecule has 10 heteroatoms. The number of carbonyl (C=O) groups is 1. The summed E-state index contributed by atoms with van der Waals surface area (Å²) in [6.07, 6.45) is 1.55. The minimum atomic E-state index is -3.96. The molecule has 2 N–H and O–H groups in total. The highest BCUT2D eigenvalue weighted by molar-refractivity contribution is 7.92. The number of benzene rings is 2. The third-order valence-electron chi connectivity index (χ3n) is 4.16. The van der Waals surface area contributed by atoms with E-state index in [1.807, 2.05) is 6.92 Å². The van der Waals surface area contributed by atoms with Gasteiger partial charge in [-0.1, -0.05) is 23.2 Å². The smallest absolute Gasteiger partial charge is 0.263 e. The molecule has 7 nitrogen and oxygen atoms in total. The number of hydrogen-bond donors (Lipinski definition) is 2. The molecule has 0 saturated heterocycles. The van der Waals surface area contributed by atoms with Crippen LogP contribution < -0.4 is 15.6 Å². The van der Waals surface area contributed by atoms with E-state index in [0.717, 1.165) is 0 Å². The summed E-state index contributed by atoms with van der Waals surface area (Å²) in [4.78, 5) is 23.9. The molecular formula is C20H17Cl2N3O4S. The van der Waals surface area contributed by atoms with Gasteiger partial charge in [0.05, 0.1) is 10.7 Å². The van der Waals surface area contributed by atoms with E-state index in [-0.39, 0.29) is 26.2 Å². The molecule has 0 fully saturated rings. The van der Waals surface area contributed by atoms with Crippen molar-refractivity contribution in [1.82, 2.24) is 4.57 Å². The van der Waals surface area contributed by atoms with Crippen molar-refractivity contribution in [2.45, 2.75) is 18.4 Å². The Morgan fingerprint density at radius 2 is 1.67 bits per heavy atom. The minimum Gasteiger partial charge on any atom is -0.321 e. The van der Waals surface area contributed by atoms with Crippen molar-refractivity contribution in [3.8, 4) is 0 Å². The molecular weight excluding hydrogens is 449 g/mol. The maximum atomic E-state index is 12.6. The van der Waals surface area contributed by atoms with Crippen molar-refractivity contribution in [3.05, 3.63) is 86.8 Å². The number of aryl methyl sites for hydroxylation is 1. The molecule has 0 bridgehead atoms. The van der Waals surface area contributed by atoms with Crippen LogP contribution in [0, 0.1) is 0 Å². The summed E-state index contributed by atoms with van der Waals surface area (Å²) in [6, 6.07) is 12.9. The molecule has 1 heterocycles. The number of sulfonamides is 1. The van der Waals surface area contributed by atoms with Crippen molar-refractivity contribution < 1.29 is 13.2 Å². The lowest BCUT2D eigenvalue weighted by Crippen LogP contribution is -2.19. The van der Waals surface area contributed by atoms with Gasteiger partial charge in [0.25, 0.3) is 21.5 Å². The minimum absolute atomic E-state index is 0.0383. The Kier molecular flexibility index (Phi) is 6.50. The highest BCUT2D eigenvalue weighted by Gasteiger charge is 2.19. The van der Waals surface area contributed by atoms with E-state index in [9.17, 15) is 18.0 Å². The number of nitrogens with zero attached hydrogens (tertiary/aromatic N) is 1. The van der Waals surface area contributed by atoms with Crippen LogP contribution in [-0.2, 0) is 16.6 Å². The van der Waals surface area contributed by atoms with Crippen LogP contribution in [0.4, 0.5) is 11.4 Å². The first-order valence-electron chi connectivity index (χ1n) is 8.79. The van der Waals surface area contributed by atoms with Gasteiger partial charge in [-0.2, -0.15) is 0 Å². The first kappa shape index (κ1) is 21.9. The van der Waals surface area contributed by atoms with Crippen LogP contribution in [-0.4, -0.2) is 18.9 Å². The molecule has 0 aliphatic heterocycles. The van der Waals surface area contributed by atoms with E-state index in [2.05, 4.69) is 10.0 Å². The van der Waals surface area contributed by atoms with Gasteiger partial charge in [0.2, 0.25) is 0 Å². The summed E-state index contributed by atoms with van der Waals surface area (Å²) in [5.41, 5.74) is 0.879. The highest BCUT2D eigenvalue weighted by Crippen LogP contribution is 2.27. The number of hydrogen-bond acceptors (Lipinski definition) is 4. The zero-order valence-electron chi connectivity index (χ0n) is 15.7. The number of aromatic nitrogens is 1. The third-order valence-corrected chi connectivity index (χ3v) is 6.26. The fourth-order valence-electron chi connectivity index (χ4n) is 2.64. The van der Waals surface area contributed by atoms with Crippen molar-refractivity contribution >= 4 is 50.5 Å². The molecule has 3 aromatic rings. The number of amides is 1. The van der Waals surface area contributed by atoms with Gasteiger partial charge in [0.1, 0.15) is 4.90 Å². The second-order valence-corrected chi connectivity index (χ2v) is 8.75. The molecule has 156 valence electrons. The first-order chi connectivity index (χ1) is 14.2. The molecule has 3 rings (SSSR count). The molecule has 30 heavy (non-hydrogen) atoms. The van der Waals surface area contributed by atoms with Gasteiger partial charge in [0.15, 0.2) is 0 Å². The molecule has 0 radical (unpaired) electrons. The van der Waals surface area contributed by atoms with Gasteiger partial charge in [-0.3, -0.25) is 14.3 Å². The molecule has 1 aromatic heterocycles. The van der Waals surface area contributed by atoms with E-state index >= 15 is 0 Å². The molecule has 1 amide bonds. The van der Waals surface area contributed by atoms with E-state index in [1.54, 1.807) is 6.20 Å². The molecule has 0 saturated carbocycles. The summed E-state index contributed by atoms with van der Waals surface area (Å²) in [7, 11) is -3.96. The zero-order valence-corrected chi connectivity index (χ0v) is 18.1. The van der Waals surface area contributed by atoms with Gasteiger partial charge in [-0.25, -0.2) is 8.42 Å². The van der Waals surface area contributed by atoms with Crippen LogP contribution in [0.25, 0.3) is 0 Å². The number of pyridine rings is 1. The standard InChI is InChI=1S/C20H17Cl2N3O4S/c1-2-25-12-16(8-10-19(25)26)23-20(27)13-3-6-15(7-4-13)24-30(28,29)18-11-14(21)5-9-17(18)22/h3-12,24H,2H2,1H3,(H,23,27). The van der Waals surface area contributed by atoms with E-state index < -0.39 is 15.9 Å². The fourth-order valence-corrected chi connectivity index (χ4v) is 4.46. The average Bonchev–Trinajstić information content (AvgIpc) is 2.71. The molecule has 2 aromatic carbocycles. The van der Waals surface area contributed by atoms with Gasteiger partial charge in [-0.15, -0.1) is 0 Å². The first-order valence-corrected chi connectivity index (χ1v) is 11.0. The van der Waals surface area contributed by atoms with E-state index in [1.165, 1.54) is 59.2 Å². The molecule has 0 aliphatic rings. The summed E-state index contributed by atoms with van der Waals surface area (Å²) in [6.45, 7) is 2.30. The van der Waals surface area contributed by atoms with Crippen molar-refractivity contribution in [1.29, 1.82) is 0 Å². The molecule has 0 atom stereocenters. The number of carbonyl (C=O) groups excluding carboxylic acids is 1. The number of rotatable bonds is 6. The lowest BCUT2D eigenvalue weighted by molar-refractivity contribution is 0.102. The summed E-state index contributed by atoms with van der Waals surface area (Å²) < 4.78 is 29.0. The average molecular weight is 466 g/mol. The van der Waals surface area contributed by atoms with E-state index in [0.29, 0.717) is 17.8 Å². The lowest BCUT2D eigenvalue weighted by Gasteiger charge is -2.11. The second-order valence-electron chi connectivity index (χ2n) is 6.25. The van der Waals surface area contributed by atoms with Crippen molar-refractivity contribution in [2.75, 3.05) is 10.0 Å². The number of anilines is 2. The SMILES string of the molecule is CCn1cc(NC(=O)c2ccc(NS(=O)(=O)c3cc(Cl)ccc3Cl)cc2)ccc1=O. The van der Waals surface area contributed by atoms with Crippen LogP contribution in [0.15, 0.2) is 70.5 Å². The molecule has 0 spiro atoms. The van der Waals surface area contributed by atoms with Gasteiger partial charge in [0, 0.05) is 35.1 Å². The fraction of sp³-hybridized carbons (Fsp3) is 0.100. The van der Waals surface area contributed by atoms with Crippen LogP contribution >= 0.6 is 23.2 Å². The molecule has 0 unspecified atom stereocenters. The summed E-state index contributed by atoms with van der Waals surface area (Å²) in [5.74, 6) is -0.399. The number of halogens is 2. The molecule has 0 aliphatic carbocycles. The Balaban J connectivity index is 1.75. The van der Waals surface area contributed by atoms with Gasteiger partial charge < -0.3 is 9.88 Å². The Morgan fingerprint density at radius 3 is 2.33 bits per heavy atom. The Bertz CT molecular complexity index is 1260. The monoisotopic (exact) mass is 465 g/mol. The number of nitrogens with one attached hydrogen (secondary N) is 2. The van der Waals surface area contributed by atoms with Gasteiger partial charge in [-0.05, 0) is 55.5 Å². The predicted molar refractivity (Wildman–Crippen MR) is 118 cm³/mol. The topological polar surface area (TPSA) is 97.3 Å². The lowest BCUT2D eigenvalue weighted by atomic mass is 10.2. The summed E-state index contributed by atoms with van der Waals surface area (Å²) >= 11 is 11.8. The second kappa shape index (κ2) is 8.91. The maximum absolute atomic E-state index is 12.6. The van der Waals surface area contributed by atoms with E-state index in [4.69, 9.17) is 23.2 Å². The van der Waals surface area contributed by atoms with Crippen LogP contribution in [0.1, 0.15) is 17.3 Å². The van der Waals surface area contributed by atoms with Crippen LogP contribution in [0.3, 0.4) is 0 Å². The zero-order chi connectivity index (χ0) is 21.9. The van der Waals surface area contributed by atoms with Crippen LogP contribution in [0.2, 0.25) is 10.0 Å². The summed E-state index contributed by atoms with van der Waals surface area (Å²) in [5, 5.41) is 2.97. The Hall–Kier alpha value is -2.81. The van der Waals surface area contributed by atoms with Crippen molar-refractivity contribution in [3.63, 3.8) is 0 Å². The Labute approximate surface area is 183 Å².